The lowest BCUT2D eigenvalue weighted by Gasteiger charge is -2.26. The third-order valence-corrected chi connectivity index (χ3v) is 11.7. The Labute approximate surface area is 366 Å². The number of hydrogen-bond acceptors (Lipinski definition) is 9. The van der Waals surface area contributed by atoms with E-state index in [0.717, 1.165) is 61.5 Å². The quantitative estimate of drug-likeness (QED) is 0.150. The van der Waals surface area contributed by atoms with E-state index >= 15 is 0 Å². The van der Waals surface area contributed by atoms with Crippen LogP contribution in [-0.2, 0) is 18.9 Å². The van der Waals surface area contributed by atoms with E-state index in [9.17, 15) is 0 Å². The lowest BCUT2D eigenvalue weighted by molar-refractivity contribution is 0.0347. The molecule has 12 rings (SSSR count). The Bertz CT molecular complexity index is 2830. The van der Waals surface area contributed by atoms with Crippen molar-refractivity contribution in [1.29, 1.82) is 0 Å². The molecule has 9 nitrogen and oxygen atoms in total. The van der Waals surface area contributed by atoms with Gasteiger partial charge >= 0.3 is 0 Å². The zero-order chi connectivity index (χ0) is 42.2. The van der Waals surface area contributed by atoms with Crippen LogP contribution in [0, 0.1) is 0 Å². The molecule has 5 heterocycles. The van der Waals surface area contributed by atoms with E-state index in [4.69, 9.17) is 38.4 Å². The Morgan fingerprint density at radius 2 is 0.746 bits per heavy atom. The summed E-state index contributed by atoms with van der Waals surface area (Å²) in [5.41, 5.74) is 6.62. The summed E-state index contributed by atoms with van der Waals surface area (Å²) in [7, 11) is 0. The van der Waals surface area contributed by atoms with Crippen LogP contribution in [0.2, 0.25) is 0 Å². The van der Waals surface area contributed by atoms with Gasteiger partial charge in [-0.3, -0.25) is 0 Å². The number of rotatable bonds is 1. The second kappa shape index (κ2) is 19.2. The van der Waals surface area contributed by atoms with Crippen molar-refractivity contribution in [2.45, 2.75) is 0 Å². The Balaban J connectivity index is 0.834. The SMILES string of the molecule is c1ccc2c(c1)c1ccccc1c1cc(N3CCOCCOCCOc4ccc(cc4)-c4ccc5ccc6ccc(nc6c5n4)-c4ccc(cc4)OCCOCCOCC3)ccc21. The van der Waals surface area contributed by atoms with Gasteiger partial charge in [-0.25, -0.2) is 9.97 Å². The molecule has 0 unspecified atom stereocenters. The lowest BCUT2D eigenvalue weighted by atomic mass is 9.94. The van der Waals surface area contributed by atoms with E-state index in [1.807, 2.05) is 48.5 Å². The Hall–Kier alpha value is -6.62. The first-order valence-electron chi connectivity index (χ1n) is 21.8. The largest absolute Gasteiger partial charge is 0.491 e. The molecular weight excluding hydrogens is 787 g/mol. The summed E-state index contributed by atoms with van der Waals surface area (Å²) in [5.74, 6) is 1.56. The fourth-order valence-electron chi connectivity index (χ4n) is 8.43. The van der Waals surface area contributed by atoms with Crippen molar-refractivity contribution in [3.8, 4) is 34.0 Å². The topological polar surface area (TPSA) is 84.4 Å². The molecule has 0 saturated heterocycles. The average molecular weight is 836 g/mol. The third-order valence-electron chi connectivity index (χ3n) is 11.7. The number of anilines is 1. The normalized spacial score (nSPS) is 15.5. The van der Waals surface area contributed by atoms with Crippen molar-refractivity contribution in [1.82, 2.24) is 9.97 Å². The number of aromatic nitrogens is 2. The average Bonchev–Trinajstić information content (AvgIpc) is 3.34. The van der Waals surface area contributed by atoms with Crippen LogP contribution < -0.4 is 14.4 Å². The highest BCUT2D eigenvalue weighted by Crippen LogP contribution is 2.37. The summed E-state index contributed by atoms with van der Waals surface area (Å²) in [5, 5.41) is 9.60. The molecule has 0 atom stereocenters. The van der Waals surface area contributed by atoms with Crippen LogP contribution in [0.25, 0.3) is 76.6 Å². The molecule has 9 aromatic rings. The van der Waals surface area contributed by atoms with Gasteiger partial charge in [-0.15, -0.1) is 0 Å². The van der Waals surface area contributed by atoms with Gasteiger partial charge in [-0.05, 0) is 105 Å². The lowest BCUT2D eigenvalue weighted by Crippen LogP contribution is -2.31. The summed E-state index contributed by atoms with van der Waals surface area (Å²) >= 11 is 0. The van der Waals surface area contributed by atoms with E-state index in [2.05, 4.69) is 108 Å². The molecule has 0 saturated carbocycles. The van der Waals surface area contributed by atoms with Gasteiger partial charge in [-0.2, -0.15) is 0 Å². The highest BCUT2D eigenvalue weighted by molar-refractivity contribution is 6.25. The predicted octanol–water partition coefficient (Wildman–Crippen LogP) is 10.9. The van der Waals surface area contributed by atoms with Gasteiger partial charge < -0.3 is 33.3 Å². The maximum Gasteiger partial charge on any atom is 0.119 e. The molecule has 316 valence electrons. The number of fused-ring (bicyclic) bond motifs is 8. The summed E-state index contributed by atoms with van der Waals surface area (Å²) < 4.78 is 36.0. The fourth-order valence-corrected chi connectivity index (χ4v) is 8.43. The molecule has 2 aromatic heterocycles. The summed E-state index contributed by atoms with van der Waals surface area (Å²) in [6.07, 6.45) is 0. The van der Waals surface area contributed by atoms with Crippen molar-refractivity contribution in [3.63, 3.8) is 0 Å². The molecule has 0 fully saturated rings. The van der Waals surface area contributed by atoms with Crippen molar-refractivity contribution in [2.75, 3.05) is 84.1 Å². The number of hydrogen-bond donors (Lipinski definition) is 0. The van der Waals surface area contributed by atoms with Gasteiger partial charge in [0.25, 0.3) is 0 Å². The van der Waals surface area contributed by atoms with E-state index in [-0.39, 0.29) is 0 Å². The molecule has 9 heteroatoms. The molecule has 7 aromatic carbocycles. The van der Waals surface area contributed by atoms with Crippen LogP contribution in [-0.4, -0.2) is 89.1 Å². The molecule has 0 aliphatic carbocycles. The first-order chi connectivity index (χ1) is 31.2. The molecule has 0 amide bonds. The number of ether oxygens (including phenoxy) is 6. The summed E-state index contributed by atoms with van der Waals surface area (Å²) in [4.78, 5) is 12.6. The predicted molar refractivity (Wildman–Crippen MR) is 253 cm³/mol. The van der Waals surface area contributed by atoms with Gasteiger partial charge in [-0.1, -0.05) is 78.9 Å². The van der Waals surface area contributed by atoms with Gasteiger partial charge in [0.15, 0.2) is 0 Å². The van der Waals surface area contributed by atoms with Crippen LogP contribution in [0.5, 0.6) is 11.5 Å². The highest BCUT2D eigenvalue weighted by Gasteiger charge is 2.14. The van der Waals surface area contributed by atoms with Crippen molar-refractivity contribution in [2.24, 2.45) is 0 Å². The Morgan fingerprint density at radius 3 is 1.22 bits per heavy atom. The van der Waals surface area contributed by atoms with Crippen LogP contribution in [0.15, 0.2) is 152 Å². The maximum absolute atomic E-state index is 6.10. The maximum atomic E-state index is 6.10. The monoisotopic (exact) mass is 835 g/mol. The van der Waals surface area contributed by atoms with E-state index < -0.39 is 0 Å². The van der Waals surface area contributed by atoms with Gasteiger partial charge in [0.1, 0.15) is 24.7 Å². The summed E-state index contributed by atoms with van der Waals surface area (Å²) in [6.45, 7) is 6.25. The molecular formula is C54H49N3O6. The Morgan fingerprint density at radius 1 is 0.349 bits per heavy atom. The molecule has 3 aliphatic heterocycles. The number of benzene rings is 7. The summed E-state index contributed by atoms with van der Waals surface area (Å²) in [6, 6.07) is 52.7. The smallest absolute Gasteiger partial charge is 0.119 e. The molecule has 3 aliphatic rings. The van der Waals surface area contributed by atoms with Crippen LogP contribution in [0.1, 0.15) is 0 Å². The number of pyridine rings is 2. The van der Waals surface area contributed by atoms with E-state index in [1.54, 1.807) is 0 Å². The molecule has 0 radical (unpaired) electrons. The minimum atomic E-state index is 0.439. The second-order valence-electron chi connectivity index (χ2n) is 15.6. The third kappa shape index (κ3) is 9.14. The van der Waals surface area contributed by atoms with Crippen LogP contribution in [0.4, 0.5) is 5.69 Å². The van der Waals surface area contributed by atoms with Gasteiger partial charge in [0, 0.05) is 40.7 Å². The van der Waals surface area contributed by atoms with Crippen molar-refractivity contribution in [3.05, 3.63) is 152 Å². The second-order valence-corrected chi connectivity index (χ2v) is 15.6. The molecule has 63 heavy (non-hydrogen) atoms. The minimum Gasteiger partial charge on any atom is -0.491 e. The zero-order valence-corrected chi connectivity index (χ0v) is 35.2. The molecule has 0 N–H and O–H groups in total. The van der Waals surface area contributed by atoms with Crippen molar-refractivity contribution < 1.29 is 28.4 Å². The van der Waals surface area contributed by atoms with Crippen molar-refractivity contribution >= 4 is 59.8 Å². The highest BCUT2D eigenvalue weighted by atomic mass is 16.5. The van der Waals surface area contributed by atoms with Gasteiger partial charge in [0.05, 0.1) is 75.3 Å². The fraction of sp³-hybridized carbons (Fsp3) is 0.222. The zero-order valence-electron chi connectivity index (χ0n) is 35.2. The standard InChI is InChI=1S/C54H49N3O6/c1-2-7-47-45(5-1)46-6-3-4-8-48(46)50-37-42(17-22-49(47)50)57-25-27-58-29-31-60-33-35-62-43-18-11-38(12-19-43)51-23-15-40-9-10-41-16-24-52(56-54(41)53(40)55-51)39-13-20-44(21-14-39)63-36-34-61-32-30-59-28-26-57/h1-24,37H,25-36H2. The first-order valence-corrected chi connectivity index (χ1v) is 21.8. The molecule has 8 bridgehead atoms. The number of nitrogens with zero attached hydrogens (tertiary/aromatic N) is 3. The van der Waals surface area contributed by atoms with E-state index in [1.165, 1.54) is 32.3 Å². The van der Waals surface area contributed by atoms with Gasteiger partial charge in [0.2, 0.25) is 0 Å². The first kappa shape index (κ1) is 40.5. The molecule has 0 spiro atoms. The van der Waals surface area contributed by atoms with Crippen LogP contribution in [0.3, 0.4) is 0 Å². The van der Waals surface area contributed by atoms with Crippen LogP contribution >= 0.6 is 0 Å². The Kier molecular flexibility index (Phi) is 12.3. The van der Waals surface area contributed by atoms with E-state index in [0.29, 0.717) is 79.2 Å². The minimum absolute atomic E-state index is 0.439.